The minimum absolute atomic E-state index is 0.0621. The third-order valence-corrected chi connectivity index (χ3v) is 2.85. The van der Waals surface area contributed by atoms with Crippen molar-refractivity contribution in [3.8, 4) is 0 Å². The first-order chi connectivity index (χ1) is 6.99. The van der Waals surface area contributed by atoms with Crippen molar-refractivity contribution >= 4 is 33.5 Å². The highest BCUT2D eigenvalue weighted by Crippen LogP contribution is 2.34. The predicted molar refractivity (Wildman–Crippen MR) is 53.2 cm³/mol. The first-order valence-corrected chi connectivity index (χ1v) is 4.86. The summed E-state index contributed by atoms with van der Waals surface area (Å²) in [5.41, 5.74) is -0.911. The SMILES string of the molecule is COC(=O)c1cnc(Br)c(Cl)c1C(F)F. The normalized spacial score (nSPS) is 10.5. The average molecular weight is 300 g/mol. The second-order valence-electron chi connectivity index (χ2n) is 2.48. The van der Waals surface area contributed by atoms with E-state index in [4.69, 9.17) is 11.6 Å². The fourth-order valence-electron chi connectivity index (χ4n) is 0.963. The van der Waals surface area contributed by atoms with E-state index < -0.39 is 18.0 Å². The van der Waals surface area contributed by atoms with Gasteiger partial charge in [0.25, 0.3) is 6.43 Å². The van der Waals surface area contributed by atoms with Gasteiger partial charge in [-0.2, -0.15) is 0 Å². The first kappa shape index (κ1) is 12.3. The molecule has 1 aromatic heterocycles. The van der Waals surface area contributed by atoms with Crippen LogP contribution in [0.4, 0.5) is 8.78 Å². The Kier molecular flexibility index (Phi) is 3.98. The van der Waals surface area contributed by atoms with E-state index in [1.165, 1.54) is 0 Å². The van der Waals surface area contributed by atoms with Crippen molar-refractivity contribution in [2.45, 2.75) is 6.43 Å². The van der Waals surface area contributed by atoms with Crippen LogP contribution in [0, 0.1) is 0 Å². The fourth-order valence-corrected chi connectivity index (χ4v) is 1.51. The monoisotopic (exact) mass is 299 g/mol. The maximum absolute atomic E-state index is 12.6. The lowest BCUT2D eigenvalue weighted by atomic mass is 10.1. The lowest BCUT2D eigenvalue weighted by Gasteiger charge is -2.09. The Morgan fingerprint density at radius 2 is 2.27 bits per heavy atom. The van der Waals surface area contributed by atoms with E-state index in [-0.39, 0.29) is 15.2 Å². The zero-order chi connectivity index (χ0) is 11.6. The van der Waals surface area contributed by atoms with E-state index in [0.29, 0.717) is 0 Å². The molecule has 1 aromatic rings. The Hall–Kier alpha value is -0.750. The highest BCUT2D eigenvalue weighted by molar-refractivity contribution is 9.10. The maximum atomic E-state index is 12.6. The van der Waals surface area contributed by atoms with Crippen LogP contribution in [-0.2, 0) is 4.74 Å². The molecule has 0 bridgehead atoms. The Bertz CT molecular complexity index is 400. The standard InChI is InChI=1S/C8H5BrClF2NO2/c1-15-8(14)3-2-13-6(9)5(10)4(3)7(11)12/h2,7H,1H3. The van der Waals surface area contributed by atoms with Crippen LogP contribution in [-0.4, -0.2) is 18.1 Å². The Labute approximate surface area is 97.5 Å². The molecule has 0 saturated carbocycles. The zero-order valence-corrected chi connectivity index (χ0v) is 9.77. The van der Waals surface area contributed by atoms with Gasteiger partial charge >= 0.3 is 5.97 Å². The number of hydrogen-bond acceptors (Lipinski definition) is 3. The Balaban J connectivity index is 3.40. The maximum Gasteiger partial charge on any atom is 0.339 e. The summed E-state index contributed by atoms with van der Waals surface area (Å²) in [6.45, 7) is 0. The molecule has 0 aliphatic carbocycles. The van der Waals surface area contributed by atoms with Gasteiger partial charge in [0, 0.05) is 6.20 Å². The van der Waals surface area contributed by atoms with Crippen molar-refractivity contribution in [3.63, 3.8) is 0 Å². The van der Waals surface area contributed by atoms with Gasteiger partial charge in [0.2, 0.25) is 0 Å². The number of hydrogen-bond donors (Lipinski definition) is 0. The number of carbonyl (C=O) groups is 1. The molecule has 0 aliphatic rings. The molecular weight excluding hydrogens is 295 g/mol. The highest BCUT2D eigenvalue weighted by atomic mass is 79.9. The summed E-state index contributed by atoms with van der Waals surface area (Å²) in [4.78, 5) is 14.8. The number of methoxy groups -OCH3 is 1. The van der Waals surface area contributed by atoms with Crippen LogP contribution in [0.3, 0.4) is 0 Å². The second kappa shape index (κ2) is 4.85. The number of nitrogens with zero attached hydrogens (tertiary/aromatic N) is 1. The van der Waals surface area contributed by atoms with Gasteiger partial charge in [0.05, 0.1) is 23.3 Å². The molecule has 0 N–H and O–H groups in total. The molecule has 0 fully saturated rings. The largest absolute Gasteiger partial charge is 0.465 e. The molecule has 0 spiro atoms. The molecule has 0 atom stereocenters. The Morgan fingerprint density at radius 1 is 1.67 bits per heavy atom. The van der Waals surface area contributed by atoms with Crippen molar-refractivity contribution in [2.75, 3.05) is 7.11 Å². The Morgan fingerprint density at radius 3 is 2.73 bits per heavy atom. The van der Waals surface area contributed by atoms with Gasteiger partial charge in [-0.25, -0.2) is 18.6 Å². The molecule has 0 amide bonds. The quantitative estimate of drug-likeness (QED) is 0.622. The van der Waals surface area contributed by atoms with Crippen LogP contribution >= 0.6 is 27.5 Å². The number of pyridine rings is 1. The van der Waals surface area contributed by atoms with Crippen molar-refractivity contribution < 1.29 is 18.3 Å². The zero-order valence-electron chi connectivity index (χ0n) is 7.43. The van der Waals surface area contributed by atoms with Gasteiger partial charge in [-0.15, -0.1) is 0 Å². The molecule has 0 aliphatic heterocycles. The molecule has 1 heterocycles. The lowest BCUT2D eigenvalue weighted by molar-refractivity contribution is 0.0588. The van der Waals surface area contributed by atoms with Crippen LogP contribution in [0.15, 0.2) is 10.8 Å². The molecule has 82 valence electrons. The second-order valence-corrected chi connectivity index (χ2v) is 3.61. The van der Waals surface area contributed by atoms with Crippen LogP contribution in [0.25, 0.3) is 0 Å². The third kappa shape index (κ3) is 2.43. The number of carbonyl (C=O) groups excluding carboxylic acids is 1. The molecule has 0 aromatic carbocycles. The molecular formula is C8H5BrClF2NO2. The van der Waals surface area contributed by atoms with Gasteiger partial charge in [-0.3, -0.25) is 0 Å². The summed E-state index contributed by atoms with van der Waals surface area (Å²) in [6, 6.07) is 0. The average Bonchev–Trinajstić information content (AvgIpc) is 2.20. The molecule has 3 nitrogen and oxygen atoms in total. The number of esters is 1. The predicted octanol–water partition coefficient (Wildman–Crippen LogP) is 3.22. The number of alkyl halides is 2. The van der Waals surface area contributed by atoms with Crippen molar-refractivity contribution in [3.05, 3.63) is 26.9 Å². The van der Waals surface area contributed by atoms with E-state index in [1.807, 2.05) is 0 Å². The van der Waals surface area contributed by atoms with Crippen LogP contribution in [0.5, 0.6) is 0 Å². The smallest absolute Gasteiger partial charge is 0.339 e. The minimum Gasteiger partial charge on any atom is -0.465 e. The highest BCUT2D eigenvalue weighted by Gasteiger charge is 2.24. The third-order valence-electron chi connectivity index (χ3n) is 1.64. The number of aromatic nitrogens is 1. The number of halogens is 4. The molecule has 0 saturated heterocycles. The fraction of sp³-hybridized carbons (Fsp3) is 0.250. The van der Waals surface area contributed by atoms with Gasteiger partial charge in [-0.1, -0.05) is 11.6 Å². The molecule has 7 heteroatoms. The lowest BCUT2D eigenvalue weighted by Crippen LogP contribution is -2.08. The number of rotatable bonds is 2. The first-order valence-electron chi connectivity index (χ1n) is 3.69. The minimum atomic E-state index is -2.87. The molecule has 1 rings (SSSR count). The molecule has 0 radical (unpaired) electrons. The van der Waals surface area contributed by atoms with E-state index in [1.54, 1.807) is 0 Å². The van der Waals surface area contributed by atoms with E-state index in [0.717, 1.165) is 13.3 Å². The van der Waals surface area contributed by atoms with Gasteiger partial charge in [0.15, 0.2) is 0 Å². The van der Waals surface area contributed by atoms with Crippen LogP contribution < -0.4 is 0 Å². The molecule has 0 unspecified atom stereocenters. The summed E-state index contributed by atoms with van der Waals surface area (Å²) in [5, 5.41) is -0.284. The van der Waals surface area contributed by atoms with Gasteiger partial charge in [-0.05, 0) is 15.9 Å². The number of ether oxygens (including phenoxy) is 1. The summed E-state index contributed by atoms with van der Waals surface area (Å²) in [5.74, 6) is -0.896. The van der Waals surface area contributed by atoms with Gasteiger partial charge < -0.3 is 4.74 Å². The summed E-state index contributed by atoms with van der Waals surface area (Å²) < 4.78 is 29.6. The summed E-state index contributed by atoms with van der Waals surface area (Å²) >= 11 is 8.49. The van der Waals surface area contributed by atoms with Crippen LogP contribution in [0.1, 0.15) is 22.3 Å². The van der Waals surface area contributed by atoms with Crippen LogP contribution in [0.2, 0.25) is 5.02 Å². The summed E-state index contributed by atoms with van der Waals surface area (Å²) in [7, 11) is 1.09. The topological polar surface area (TPSA) is 39.2 Å². The van der Waals surface area contributed by atoms with E-state index in [2.05, 4.69) is 25.7 Å². The van der Waals surface area contributed by atoms with Crippen molar-refractivity contribution in [1.82, 2.24) is 4.98 Å². The molecule has 15 heavy (non-hydrogen) atoms. The van der Waals surface area contributed by atoms with Gasteiger partial charge in [0.1, 0.15) is 4.60 Å². The van der Waals surface area contributed by atoms with E-state index >= 15 is 0 Å². The van der Waals surface area contributed by atoms with E-state index in [9.17, 15) is 13.6 Å². The van der Waals surface area contributed by atoms with Crippen molar-refractivity contribution in [2.24, 2.45) is 0 Å². The summed E-state index contributed by atoms with van der Waals surface area (Å²) in [6.07, 6.45) is -1.88. The van der Waals surface area contributed by atoms with Crippen molar-refractivity contribution in [1.29, 1.82) is 0 Å².